The summed E-state index contributed by atoms with van der Waals surface area (Å²) in [6.45, 7) is 3.92. The second-order valence-corrected chi connectivity index (χ2v) is 5.66. The van der Waals surface area contributed by atoms with Crippen LogP contribution in [0.25, 0.3) is 0 Å². The third-order valence-corrected chi connectivity index (χ3v) is 3.61. The van der Waals surface area contributed by atoms with E-state index in [1.807, 2.05) is 16.8 Å². The second kappa shape index (κ2) is 6.68. The molecule has 0 aliphatic heterocycles. The van der Waals surface area contributed by atoms with E-state index < -0.39 is 5.60 Å². The maximum absolute atomic E-state index is 11.7. The molecule has 114 valence electrons. The molecule has 2 aromatic rings. The lowest BCUT2D eigenvalue weighted by Crippen LogP contribution is -2.43. The average molecular weight is 310 g/mol. The number of aryl methyl sites for hydroxylation is 1. The van der Waals surface area contributed by atoms with Crippen molar-refractivity contribution in [1.82, 2.24) is 20.8 Å². The normalized spacial score (nSPS) is 13.7. The van der Waals surface area contributed by atoms with Crippen molar-refractivity contribution in [1.29, 1.82) is 0 Å². The topological polar surface area (TPSA) is 100 Å². The number of amides is 2. The molecule has 2 rings (SSSR count). The standard InChI is InChI=1S/C13H18N4O3S/c1-9-16-11(20-17-9)3-5-14-12(18)15-8-13(2,19)10-4-6-21-7-10/h4,6-7,19H,3,5,8H2,1-2H3,(H2,14,15,18). The zero-order valence-corrected chi connectivity index (χ0v) is 12.7. The zero-order chi connectivity index (χ0) is 15.3. The van der Waals surface area contributed by atoms with Crippen LogP contribution in [0.5, 0.6) is 0 Å². The average Bonchev–Trinajstić information content (AvgIpc) is 3.08. The molecule has 1 unspecified atom stereocenters. The molecule has 0 saturated heterocycles. The van der Waals surface area contributed by atoms with Gasteiger partial charge in [-0.1, -0.05) is 5.16 Å². The van der Waals surface area contributed by atoms with Crippen LogP contribution in [0.1, 0.15) is 24.2 Å². The van der Waals surface area contributed by atoms with Crippen molar-refractivity contribution in [2.45, 2.75) is 25.9 Å². The highest BCUT2D eigenvalue weighted by atomic mass is 32.1. The van der Waals surface area contributed by atoms with Crippen LogP contribution in [-0.2, 0) is 12.0 Å². The highest BCUT2D eigenvalue weighted by Crippen LogP contribution is 2.21. The molecule has 0 saturated carbocycles. The van der Waals surface area contributed by atoms with Gasteiger partial charge in [-0.15, -0.1) is 0 Å². The van der Waals surface area contributed by atoms with E-state index in [-0.39, 0.29) is 12.6 Å². The summed E-state index contributed by atoms with van der Waals surface area (Å²) in [6.07, 6.45) is 0.467. The number of aromatic nitrogens is 2. The highest BCUT2D eigenvalue weighted by molar-refractivity contribution is 7.08. The third-order valence-electron chi connectivity index (χ3n) is 2.93. The van der Waals surface area contributed by atoms with Crippen LogP contribution in [0.15, 0.2) is 21.3 Å². The van der Waals surface area contributed by atoms with Gasteiger partial charge in [-0.05, 0) is 36.2 Å². The smallest absolute Gasteiger partial charge is 0.314 e. The summed E-state index contributed by atoms with van der Waals surface area (Å²) in [4.78, 5) is 15.7. The Labute approximate surface area is 126 Å². The lowest BCUT2D eigenvalue weighted by atomic mass is 9.99. The minimum atomic E-state index is -1.08. The number of aliphatic hydroxyl groups is 1. The van der Waals surface area contributed by atoms with E-state index in [2.05, 4.69) is 20.8 Å². The predicted octanol–water partition coefficient (Wildman–Crippen LogP) is 1.19. The van der Waals surface area contributed by atoms with Crippen molar-refractivity contribution in [3.63, 3.8) is 0 Å². The first kappa shape index (κ1) is 15.5. The minimum Gasteiger partial charge on any atom is -0.384 e. The highest BCUT2D eigenvalue weighted by Gasteiger charge is 2.24. The molecule has 1 atom stereocenters. The molecule has 0 radical (unpaired) electrons. The van der Waals surface area contributed by atoms with E-state index in [1.165, 1.54) is 11.3 Å². The Hall–Kier alpha value is -1.93. The molecule has 3 N–H and O–H groups in total. The molecule has 8 heteroatoms. The van der Waals surface area contributed by atoms with Crippen molar-refractivity contribution >= 4 is 17.4 Å². The van der Waals surface area contributed by atoms with E-state index in [9.17, 15) is 9.90 Å². The molecule has 2 amide bonds. The number of rotatable bonds is 6. The van der Waals surface area contributed by atoms with Crippen LogP contribution < -0.4 is 10.6 Å². The predicted molar refractivity (Wildman–Crippen MR) is 78.0 cm³/mol. The van der Waals surface area contributed by atoms with Gasteiger partial charge in [0.25, 0.3) is 0 Å². The zero-order valence-electron chi connectivity index (χ0n) is 11.9. The fourth-order valence-electron chi connectivity index (χ4n) is 1.71. The third kappa shape index (κ3) is 4.54. The largest absolute Gasteiger partial charge is 0.384 e. The van der Waals surface area contributed by atoms with E-state index in [0.717, 1.165) is 5.56 Å². The second-order valence-electron chi connectivity index (χ2n) is 4.88. The Morgan fingerprint density at radius 3 is 2.95 bits per heavy atom. The van der Waals surface area contributed by atoms with Gasteiger partial charge in [0, 0.05) is 13.0 Å². The first-order valence-corrected chi connectivity index (χ1v) is 7.47. The van der Waals surface area contributed by atoms with Crippen molar-refractivity contribution in [2.75, 3.05) is 13.1 Å². The Kier molecular flexibility index (Phi) is 4.92. The summed E-state index contributed by atoms with van der Waals surface area (Å²) in [7, 11) is 0. The molecule has 0 aliphatic carbocycles. The minimum absolute atomic E-state index is 0.134. The molecule has 0 aliphatic rings. The van der Waals surface area contributed by atoms with Gasteiger partial charge in [0.2, 0.25) is 5.89 Å². The lowest BCUT2D eigenvalue weighted by Gasteiger charge is -2.22. The van der Waals surface area contributed by atoms with Gasteiger partial charge >= 0.3 is 6.03 Å². The molecule has 0 bridgehead atoms. The molecular weight excluding hydrogens is 292 g/mol. The summed E-state index contributed by atoms with van der Waals surface area (Å²) >= 11 is 1.50. The van der Waals surface area contributed by atoms with Crippen molar-refractivity contribution < 1.29 is 14.4 Å². The fraction of sp³-hybridized carbons (Fsp3) is 0.462. The van der Waals surface area contributed by atoms with Gasteiger partial charge in [-0.25, -0.2) is 4.79 Å². The van der Waals surface area contributed by atoms with E-state index in [4.69, 9.17) is 4.52 Å². The maximum Gasteiger partial charge on any atom is 0.314 e. The number of carbonyl (C=O) groups excluding carboxylic acids is 1. The summed E-state index contributed by atoms with van der Waals surface area (Å²) < 4.78 is 4.94. The number of nitrogens with one attached hydrogen (secondary N) is 2. The molecule has 0 aromatic carbocycles. The molecule has 0 fully saturated rings. The molecule has 2 aromatic heterocycles. The van der Waals surface area contributed by atoms with Gasteiger partial charge in [-0.2, -0.15) is 16.3 Å². The molecule has 21 heavy (non-hydrogen) atoms. The number of carbonyl (C=O) groups is 1. The lowest BCUT2D eigenvalue weighted by molar-refractivity contribution is 0.0598. The summed E-state index contributed by atoms with van der Waals surface area (Å²) in [5, 5.41) is 23.0. The number of hydrogen-bond acceptors (Lipinski definition) is 6. The first-order chi connectivity index (χ1) is 9.97. The van der Waals surface area contributed by atoms with Crippen LogP contribution in [0, 0.1) is 6.92 Å². The Balaban J connectivity index is 1.70. The summed E-state index contributed by atoms with van der Waals surface area (Å²) in [5.74, 6) is 1.05. The van der Waals surface area contributed by atoms with Crippen LogP contribution >= 0.6 is 11.3 Å². The van der Waals surface area contributed by atoms with Crippen LogP contribution in [0.3, 0.4) is 0 Å². The summed E-state index contributed by atoms with van der Waals surface area (Å²) in [5.41, 5.74) is -0.296. The monoisotopic (exact) mass is 310 g/mol. The van der Waals surface area contributed by atoms with Gasteiger partial charge in [0.15, 0.2) is 5.82 Å². The number of thiophene rings is 1. The van der Waals surface area contributed by atoms with Crippen molar-refractivity contribution in [3.8, 4) is 0 Å². The Morgan fingerprint density at radius 1 is 1.52 bits per heavy atom. The number of urea groups is 1. The number of hydrogen-bond donors (Lipinski definition) is 3. The van der Waals surface area contributed by atoms with Gasteiger partial charge < -0.3 is 20.3 Å². The van der Waals surface area contributed by atoms with Crippen molar-refractivity contribution in [3.05, 3.63) is 34.1 Å². The van der Waals surface area contributed by atoms with Crippen LogP contribution in [0.2, 0.25) is 0 Å². The molecule has 0 spiro atoms. The summed E-state index contributed by atoms with van der Waals surface area (Å²) in [6, 6.07) is 1.49. The quantitative estimate of drug-likeness (QED) is 0.744. The maximum atomic E-state index is 11.7. The Morgan fingerprint density at radius 2 is 2.33 bits per heavy atom. The fourth-order valence-corrected chi connectivity index (χ4v) is 2.50. The van der Waals surface area contributed by atoms with Crippen LogP contribution in [-0.4, -0.2) is 34.4 Å². The van der Waals surface area contributed by atoms with Crippen LogP contribution in [0.4, 0.5) is 4.79 Å². The molecular formula is C13H18N4O3S. The van der Waals surface area contributed by atoms with Gasteiger partial charge in [-0.3, -0.25) is 0 Å². The Bertz CT molecular complexity index is 580. The van der Waals surface area contributed by atoms with Gasteiger partial charge in [0.1, 0.15) is 5.60 Å². The van der Waals surface area contributed by atoms with Crippen molar-refractivity contribution in [2.24, 2.45) is 0 Å². The SMILES string of the molecule is Cc1noc(CCNC(=O)NCC(C)(O)c2ccsc2)n1. The van der Waals surface area contributed by atoms with E-state index >= 15 is 0 Å². The first-order valence-electron chi connectivity index (χ1n) is 6.53. The van der Waals surface area contributed by atoms with E-state index in [0.29, 0.717) is 24.7 Å². The molecule has 7 nitrogen and oxygen atoms in total. The number of nitrogens with zero attached hydrogens (tertiary/aromatic N) is 2. The molecule has 2 heterocycles. The van der Waals surface area contributed by atoms with Gasteiger partial charge in [0.05, 0.1) is 6.54 Å². The van der Waals surface area contributed by atoms with E-state index in [1.54, 1.807) is 13.8 Å².